The average molecular weight is 307 g/mol. The van der Waals surface area contributed by atoms with E-state index in [9.17, 15) is 14.9 Å². The zero-order valence-corrected chi connectivity index (χ0v) is 12.3. The van der Waals surface area contributed by atoms with Crippen molar-refractivity contribution in [3.05, 3.63) is 50.3 Å². The Morgan fingerprint density at radius 2 is 2.24 bits per heavy atom. The van der Waals surface area contributed by atoms with Crippen LogP contribution in [0.2, 0.25) is 0 Å². The molecule has 0 aliphatic rings. The molecule has 0 aliphatic heterocycles. The smallest absolute Gasteiger partial charge is 0.356 e. The predicted octanol–water partition coefficient (Wildman–Crippen LogP) is 2.47. The van der Waals surface area contributed by atoms with Gasteiger partial charge in [0.1, 0.15) is 0 Å². The number of carbonyl (C=O) groups excluding carboxylic acids is 1. The topological polar surface area (TPSA) is 85.6 Å². The molecule has 0 atom stereocenters. The SMILES string of the molecule is COC(=O)c1ccc([N+](=O)[O-])c(N(C)Cc2ccsc2)n1. The Morgan fingerprint density at radius 1 is 1.48 bits per heavy atom. The molecular formula is C13H13N3O4S. The Hall–Kier alpha value is -2.48. The summed E-state index contributed by atoms with van der Waals surface area (Å²) >= 11 is 1.54. The summed E-state index contributed by atoms with van der Waals surface area (Å²) in [7, 11) is 2.92. The number of anilines is 1. The van der Waals surface area contributed by atoms with Gasteiger partial charge in [-0.05, 0) is 28.5 Å². The van der Waals surface area contributed by atoms with Gasteiger partial charge in [-0.15, -0.1) is 0 Å². The summed E-state index contributed by atoms with van der Waals surface area (Å²) in [6.07, 6.45) is 0. The Labute approximate surface area is 124 Å². The van der Waals surface area contributed by atoms with Crippen molar-refractivity contribution in [1.82, 2.24) is 4.98 Å². The Balaban J connectivity index is 2.37. The summed E-state index contributed by atoms with van der Waals surface area (Å²) in [5.41, 5.74) is 0.901. The number of carbonyl (C=O) groups is 1. The first-order valence-corrected chi connectivity index (χ1v) is 6.93. The lowest BCUT2D eigenvalue weighted by molar-refractivity contribution is -0.384. The van der Waals surface area contributed by atoms with Gasteiger partial charge in [0.05, 0.1) is 12.0 Å². The van der Waals surface area contributed by atoms with E-state index in [4.69, 9.17) is 0 Å². The molecule has 0 bridgehead atoms. The quantitative estimate of drug-likeness (QED) is 0.479. The van der Waals surface area contributed by atoms with E-state index in [2.05, 4.69) is 9.72 Å². The second kappa shape index (κ2) is 6.31. The lowest BCUT2D eigenvalue weighted by Gasteiger charge is -2.17. The van der Waals surface area contributed by atoms with E-state index in [0.29, 0.717) is 6.54 Å². The van der Waals surface area contributed by atoms with Gasteiger partial charge in [-0.2, -0.15) is 11.3 Å². The molecular weight excluding hydrogens is 294 g/mol. The zero-order valence-electron chi connectivity index (χ0n) is 11.5. The number of rotatable bonds is 5. The highest BCUT2D eigenvalue weighted by Crippen LogP contribution is 2.27. The summed E-state index contributed by atoms with van der Waals surface area (Å²) in [5.74, 6) is -0.496. The molecule has 2 aromatic rings. The molecule has 0 N–H and O–H groups in total. The highest BCUT2D eigenvalue weighted by Gasteiger charge is 2.22. The molecule has 2 heterocycles. The van der Waals surface area contributed by atoms with Crippen LogP contribution in [0.5, 0.6) is 0 Å². The largest absolute Gasteiger partial charge is 0.464 e. The number of hydrogen-bond acceptors (Lipinski definition) is 7. The number of esters is 1. The van der Waals surface area contributed by atoms with Crippen LogP contribution < -0.4 is 4.90 Å². The first kappa shape index (κ1) is 14.9. The number of aromatic nitrogens is 1. The number of ether oxygens (including phenoxy) is 1. The van der Waals surface area contributed by atoms with Crippen molar-refractivity contribution in [3.8, 4) is 0 Å². The van der Waals surface area contributed by atoms with Crippen molar-refractivity contribution in [2.24, 2.45) is 0 Å². The van der Waals surface area contributed by atoms with E-state index >= 15 is 0 Å². The van der Waals surface area contributed by atoms with Gasteiger partial charge in [0, 0.05) is 19.7 Å². The molecule has 0 saturated carbocycles. The highest BCUT2D eigenvalue weighted by molar-refractivity contribution is 7.07. The van der Waals surface area contributed by atoms with Crippen molar-refractivity contribution in [3.63, 3.8) is 0 Å². The maximum atomic E-state index is 11.5. The number of nitrogens with zero attached hydrogens (tertiary/aromatic N) is 3. The molecule has 2 aromatic heterocycles. The molecule has 7 nitrogen and oxygen atoms in total. The molecule has 0 aromatic carbocycles. The third-order valence-electron chi connectivity index (χ3n) is 2.81. The number of pyridine rings is 1. The maximum absolute atomic E-state index is 11.5. The monoisotopic (exact) mass is 307 g/mol. The van der Waals surface area contributed by atoms with Crippen molar-refractivity contribution >= 4 is 28.8 Å². The van der Waals surface area contributed by atoms with E-state index < -0.39 is 10.9 Å². The van der Waals surface area contributed by atoms with Crippen LogP contribution in [-0.2, 0) is 11.3 Å². The first-order chi connectivity index (χ1) is 10.0. The number of nitro groups is 1. The fourth-order valence-electron chi connectivity index (χ4n) is 1.81. The summed E-state index contributed by atoms with van der Waals surface area (Å²) < 4.78 is 4.59. The minimum Gasteiger partial charge on any atom is -0.464 e. The normalized spacial score (nSPS) is 10.2. The van der Waals surface area contributed by atoms with Crippen molar-refractivity contribution in [2.45, 2.75) is 6.54 Å². The third-order valence-corrected chi connectivity index (χ3v) is 3.54. The van der Waals surface area contributed by atoms with Gasteiger partial charge >= 0.3 is 11.7 Å². The van der Waals surface area contributed by atoms with Crippen LogP contribution in [0.3, 0.4) is 0 Å². The van der Waals surface area contributed by atoms with Crippen LogP contribution in [0.25, 0.3) is 0 Å². The Kier molecular flexibility index (Phi) is 4.49. The second-order valence-corrected chi connectivity index (χ2v) is 5.06. The van der Waals surface area contributed by atoms with Gasteiger partial charge in [-0.3, -0.25) is 10.1 Å². The Morgan fingerprint density at radius 3 is 2.81 bits per heavy atom. The van der Waals surface area contributed by atoms with E-state index in [1.54, 1.807) is 23.3 Å². The summed E-state index contributed by atoms with van der Waals surface area (Å²) in [6, 6.07) is 4.47. The van der Waals surface area contributed by atoms with Crippen molar-refractivity contribution in [1.29, 1.82) is 0 Å². The van der Waals surface area contributed by atoms with Crippen LogP contribution in [0.1, 0.15) is 16.1 Å². The van der Waals surface area contributed by atoms with Gasteiger partial charge in [-0.25, -0.2) is 9.78 Å². The summed E-state index contributed by atoms with van der Waals surface area (Å²) in [5, 5.41) is 15.0. The molecule has 0 aliphatic carbocycles. The van der Waals surface area contributed by atoms with Crippen LogP contribution in [0, 0.1) is 10.1 Å². The average Bonchev–Trinajstić information content (AvgIpc) is 2.98. The van der Waals surface area contributed by atoms with Gasteiger partial charge in [0.15, 0.2) is 5.69 Å². The fraction of sp³-hybridized carbons (Fsp3) is 0.231. The molecule has 110 valence electrons. The lowest BCUT2D eigenvalue weighted by Crippen LogP contribution is -2.20. The van der Waals surface area contributed by atoms with E-state index in [1.165, 1.54) is 19.2 Å². The molecule has 21 heavy (non-hydrogen) atoms. The molecule has 0 radical (unpaired) electrons. The number of hydrogen-bond donors (Lipinski definition) is 0. The number of thiophene rings is 1. The maximum Gasteiger partial charge on any atom is 0.356 e. The van der Waals surface area contributed by atoms with Gasteiger partial charge < -0.3 is 9.64 Å². The van der Waals surface area contributed by atoms with E-state index in [0.717, 1.165) is 5.56 Å². The van der Waals surface area contributed by atoms with Gasteiger partial charge in [0.25, 0.3) is 0 Å². The molecule has 8 heteroatoms. The van der Waals surface area contributed by atoms with Gasteiger partial charge in [-0.1, -0.05) is 0 Å². The highest BCUT2D eigenvalue weighted by atomic mass is 32.1. The van der Waals surface area contributed by atoms with Crippen molar-refractivity contribution in [2.75, 3.05) is 19.1 Å². The molecule has 0 saturated heterocycles. The summed E-state index contributed by atoms with van der Waals surface area (Å²) in [4.78, 5) is 27.8. The van der Waals surface area contributed by atoms with E-state index in [1.807, 2.05) is 16.8 Å². The van der Waals surface area contributed by atoms with Crippen LogP contribution >= 0.6 is 11.3 Å². The zero-order chi connectivity index (χ0) is 15.4. The molecule has 0 spiro atoms. The molecule has 0 unspecified atom stereocenters. The molecule has 2 rings (SSSR count). The standard InChI is InChI=1S/C13H13N3O4S/c1-15(7-9-5-6-21-8-9)12-11(16(18)19)4-3-10(14-12)13(17)20-2/h3-6,8H,7H2,1-2H3. The fourth-order valence-corrected chi connectivity index (χ4v) is 2.47. The molecule has 0 amide bonds. The third kappa shape index (κ3) is 3.34. The van der Waals surface area contributed by atoms with Crippen molar-refractivity contribution < 1.29 is 14.5 Å². The van der Waals surface area contributed by atoms with E-state index in [-0.39, 0.29) is 17.2 Å². The first-order valence-electron chi connectivity index (χ1n) is 5.99. The summed E-state index contributed by atoms with van der Waals surface area (Å²) in [6.45, 7) is 0.460. The van der Waals surface area contributed by atoms with Crippen LogP contribution in [-0.4, -0.2) is 30.0 Å². The number of methoxy groups -OCH3 is 1. The van der Waals surface area contributed by atoms with Crippen LogP contribution in [0.4, 0.5) is 11.5 Å². The minimum atomic E-state index is -0.630. The van der Waals surface area contributed by atoms with Gasteiger partial charge in [0.2, 0.25) is 5.82 Å². The Bertz CT molecular complexity index is 657. The minimum absolute atomic E-state index is 0.0373. The predicted molar refractivity (Wildman–Crippen MR) is 78.7 cm³/mol. The lowest BCUT2D eigenvalue weighted by atomic mass is 10.2. The second-order valence-electron chi connectivity index (χ2n) is 4.28. The van der Waals surface area contributed by atoms with Crippen LogP contribution in [0.15, 0.2) is 29.0 Å². The molecule has 0 fully saturated rings.